The van der Waals surface area contributed by atoms with Gasteiger partial charge < -0.3 is 27.3 Å². The van der Waals surface area contributed by atoms with E-state index in [1.54, 1.807) is 0 Å². The summed E-state index contributed by atoms with van der Waals surface area (Å²) in [5.74, 6) is 0. The van der Waals surface area contributed by atoms with E-state index in [0.29, 0.717) is 0 Å². The highest BCUT2D eigenvalue weighted by Gasteiger charge is 2.26. The summed E-state index contributed by atoms with van der Waals surface area (Å²) in [4.78, 5) is 0. The molecule has 0 fully saturated rings. The van der Waals surface area contributed by atoms with Crippen molar-refractivity contribution in [3.63, 3.8) is 0 Å². The fourth-order valence-corrected chi connectivity index (χ4v) is 26.5. The van der Waals surface area contributed by atoms with E-state index in [2.05, 4.69) is 508 Å². The summed E-state index contributed by atoms with van der Waals surface area (Å²) in [5, 5.41) is 23.2. The van der Waals surface area contributed by atoms with Gasteiger partial charge >= 0.3 is 0 Å². The molecule has 0 spiro atoms. The fourth-order valence-electron chi connectivity index (χ4n) is 22.7. The largest absolute Gasteiger partial charge is 0.455 e. The first-order valence-corrected chi connectivity index (χ1v) is 50.5. The molecule has 31 rings (SSSR count). The Morgan fingerprint density at radius 3 is 0.809 bits per heavy atom. The van der Waals surface area contributed by atoms with Crippen LogP contribution in [0.1, 0.15) is 0 Å². The van der Waals surface area contributed by atoms with Crippen molar-refractivity contribution >= 4 is 225 Å². The average molecular weight is 1850 g/mol. The number of thiophene rings is 3. The number of furan rings is 1. The van der Waals surface area contributed by atoms with Crippen molar-refractivity contribution in [2.75, 3.05) is 0 Å². The first-order chi connectivity index (χ1) is 70.0. The van der Waals surface area contributed by atoms with E-state index in [1.165, 1.54) is 226 Å². The smallest absolute Gasteiger partial charge is 0.143 e. The maximum atomic E-state index is 6.70. The summed E-state index contributed by atoms with van der Waals surface area (Å²) in [5.41, 5.74) is 31.8. The predicted octanol–water partition coefficient (Wildman–Crippen LogP) is 37.9. The van der Waals surface area contributed by atoms with Crippen molar-refractivity contribution in [2.45, 2.75) is 0 Å². The maximum Gasteiger partial charge on any atom is 0.143 e. The molecule has 0 radical (unpaired) electrons. The quantitative estimate of drug-likeness (QED) is 0.134. The third-order valence-electron chi connectivity index (χ3n) is 29.1. The monoisotopic (exact) mass is 1850 g/mol. The Hall–Kier alpha value is -17.7. The first kappa shape index (κ1) is 80.6. The maximum absolute atomic E-state index is 6.70. The zero-order valence-corrected chi connectivity index (χ0v) is 78.6. The van der Waals surface area contributed by atoms with Gasteiger partial charge in [-0.2, -0.15) is 0 Å². The second-order valence-corrected chi connectivity index (χ2v) is 39.9. The molecule has 0 aliphatic carbocycles. The van der Waals surface area contributed by atoms with E-state index >= 15 is 0 Å². The van der Waals surface area contributed by atoms with Crippen LogP contribution in [0.15, 0.2) is 496 Å². The molecule has 658 valence electrons. The van der Waals surface area contributed by atoms with Gasteiger partial charge in [-0.1, -0.05) is 340 Å². The molecule has 0 bridgehead atoms. The van der Waals surface area contributed by atoms with Crippen LogP contribution < -0.4 is 0 Å². The van der Waals surface area contributed by atoms with Gasteiger partial charge in [0.25, 0.3) is 0 Å². The van der Waals surface area contributed by atoms with Gasteiger partial charge in [0.05, 0.1) is 55.2 Å². The molecule has 0 N–H and O–H groups in total. The summed E-state index contributed by atoms with van der Waals surface area (Å²) in [7, 11) is 0. The molecule has 0 aliphatic rings. The second kappa shape index (κ2) is 32.5. The Morgan fingerprint density at radius 1 is 0.142 bits per heavy atom. The lowest BCUT2D eigenvalue weighted by molar-refractivity contribution is 0.671. The van der Waals surface area contributed by atoms with Crippen LogP contribution >= 0.6 is 34.0 Å². The number of hydrogen-bond acceptors (Lipinski definition) is 4. The molecule has 0 atom stereocenters. The summed E-state index contributed by atoms with van der Waals surface area (Å²) in [6.07, 6.45) is 0. The Bertz CT molecular complexity index is 10500. The number of para-hydroxylation sites is 9. The molecule has 9 aromatic heterocycles. The molecule has 0 unspecified atom stereocenters. The molecular formula is C132H81N5OS3. The van der Waals surface area contributed by atoms with Gasteiger partial charge in [-0.25, -0.2) is 0 Å². The molecule has 6 nitrogen and oxygen atoms in total. The lowest BCUT2D eigenvalue weighted by Gasteiger charge is -2.11. The number of hydrogen-bond donors (Lipinski definition) is 0. The van der Waals surface area contributed by atoms with E-state index in [1.807, 2.05) is 40.1 Å². The molecule has 0 saturated carbocycles. The van der Waals surface area contributed by atoms with E-state index in [4.69, 9.17) is 4.42 Å². The minimum Gasteiger partial charge on any atom is -0.455 e. The Kier molecular flexibility index (Phi) is 18.6. The Morgan fingerprint density at radius 2 is 0.397 bits per heavy atom. The molecule has 141 heavy (non-hydrogen) atoms. The van der Waals surface area contributed by atoms with Crippen LogP contribution in [-0.4, -0.2) is 22.8 Å². The van der Waals surface area contributed by atoms with Crippen LogP contribution in [-0.2, 0) is 0 Å². The van der Waals surface area contributed by atoms with Gasteiger partial charge in [-0.05, 0) is 196 Å². The minimum atomic E-state index is 0.924. The van der Waals surface area contributed by atoms with Gasteiger partial charge in [-0.15, -0.1) is 34.0 Å². The van der Waals surface area contributed by atoms with Crippen LogP contribution in [0.3, 0.4) is 0 Å². The second-order valence-electron chi connectivity index (χ2n) is 36.8. The SMILES string of the molecule is c1ccc(-c2cccc3c2oc2c(-c4ccc(-n5c6ccccc6c6c7sc8ccccc8c7ccc65)cc4)cccc23)cc1.c1ccc(-n2c3ccccc3c3cc(-c4ccc(-c5cccc(-n6c7ccccc7c7c8sc9ccccc9c8ccc76)c5)cc4)ccc32)cc1.c1ccc(-n2c3ccccc3c3cc(-c4cccc(-n5c6ccccc6c6c7sc8ccccc8c7ccc65)c4)ccc32)cc1. The molecule has 0 amide bonds. The van der Waals surface area contributed by atoms with Crippen molar-refractivity contribution in [3.05, 3.63) is 491 Å². The highest BCUT2D eigenvalue weighted by Crippen LogP contribution is 2.50. The van der Waals surface area contributed by atoms with Crippen molar-refractivity contribution in [1.29, 1.82) is 0 Å². The third-order valence-corrected chi connectivity index (χ3v) is 32.7. The number of rotatable bonds is 10. The lowest BCUT2D eigenvalue weighted by atomic mass is 9.99. The van der Waals surface area contributed by atoms with Crippen molar-refractivity contribution < 1.29 is 4.42 Å². The summed E-state index contributed by atoms with van der Waals surface area (Å²) in [6, 6.07) is 179. The molecule has 9 heterocycles. The van der Waals surface area contributed by atoms with Gasteiger partial charge in [0.15, 0.2) is 0 Å². The molecule has 0 saturated heterocycles. The zero-order chi connectivity index (χ0) is 92.4. The van der Waals surface area contributed by atoms with E-state index in [-0.39, 0.29) is 0 Å². The average Bonchev–Trinajstić information content (AvgIpc) is 1.56. The van der Waals surface area contributed by atoms with Gasteiger partial charge in [0.2, 0.25) is 0 Å². The number of fused-ring (bicyclic) bond motifs is 30. The fraction of sp³-hybridized carbons (Fsp3) is 0. The molecule has 9 heteroatoms. The van der Waals surface area contributed by atoms with Crippen LogP contribution in [0, 0.1) is 0 Å². The molecule has 31 aromatic rings. The standard InChI is InChI=1S/C48H30N2S.C42H26N2S.C42H25NOS/c1-2-12-35(13-3-1)49-42-18-7-4-15-37(42)41-30-34(25-27-44(41)49)32-23-21-31(22-24-32)33-11-10-14-36(29-33)50-43-19-8-5-17-40(43)47-45(50)28-26-39-38-16-6-9-20-46(38)51-48(39)47;1-2-12-29(13-3-1)43-36-18-7-4-15-31(36)35-26-28(21-23-38(35)43)27-11-10-14-30(25-27)44-37-19-8-5-17-34(37)41-39(44)24-22-33-32-16-6-9-20-40(32)45-42(33)41;1-2-10-26(11-3-1)29-14-8-16-32-33-17-9-15-30(41(33)44-40(29)32)27-20-22-28(23-21-27)43-36-18-6-4-13-35(36)39-37(43)25-24-34-31-12-5-7-19-38(31)45-42(34)39/h1-30H;1-26H;1-25H. The van der Waals surface area contributed by atoms with Crippen molar-refractivity contribution in [3.8, 4) is 84.1 Å². The lowest BCUT2D eigenvalue weighted by Crippen LogP contribution is -1.94. The van der Waals surface area contributed by atoms with Gasteiger partial charge in [0.1, 0.15) is 11.2 Å². The van der Waals surface area contributed by atoms with E-state index < -0.39 is 0 Å². The van der Waals surface area contributed by atoms with Crippen LogP contribution in [0.4, 0.5) is 0 Å². The topological polar surface area (TPSA) is 37.8 Å². The predicted molar refractivity (Wildman–Crippen MR) is 604 cm³/mol. The number of benzene rings is 22. The Balaban J connectivity index is 0.000000102. The third kappa shape index (κ3) is 12.8. The molecule has 22 aromatic carbocycles. The normalized spacial score (nSPS) is 12.0. The van der Waals surface area contributed by atoms with Crippen LogP contribution in [0.25, 0.3) is 276 Å². The Labute approximate surface area is 821 Å². The van der Waals surface area contributed by atoms with Gasteiger partial charge in [0, 0.05) is 165 Å². The first-order valence-electron chi connectivity index (χ1n) is 48.1. The zero-order valence-electron chi connectivity index (χ0n) is 76.1. The van der Waals surface area contributed by atoms with Crippen LogP contribution in [0.5, 0.6) is 0 Å². The minimum absolute atomic E-state index is 0.924. The summed E-state index contributed by atoms with van der Waals surface area (Å²) < 4.78 is 26.8. The van der Waals surface area contributed by atoms with E-state index in [9.17, 15) is 0 Å². The van der Waals surface area contributed by atoms with Gasteiger partial charge in [-0.3, -0.25) is 0 Å². The van der Waals surface area contributed by atoms with Crippen molar-refractivity contribution in [1.82, 2.24) is 22.8 Å². The summed E-state index contributed by atoms with van der Waals surface area (Å²) >= 11 is 5.69. The molecule has 0 aliphatic heterocycles. The van der Waals surface area contributed by atoms with E-state index in [0.717, 1.165) is 49.9 Å². The van der Waals surface area contributed by atoms with Crippen molar-refractivity contribution in [2.24, 2.45) is 0 Å². The number of aromatic nitrogens is 5. The molecular weight excluding hydrogens is 1770 g/mol. The highest BCUT2D eigenvalue weighted by molar-refractivity contribution is 7.27. The highest BCUT2D eigenvalue weighted by atomic mass is 32.1. The summed E-state index contributed by atoms with van der Waals surface area (Å²) in [6.45, 7) is 0. The van der Waals surface area contributed by atoms with Crippen LogP contribution in [0.2, 0.25) is 0 Å². The number of nitrogens with zero attached hydrogens (tertiary/aromatic N) is 5.